The van der Waals surface area contributed by atoms with Crippen molar-refractivity contribution in [1.29, 1.82) is 0 Å². The Morgan fingerprint density at radius 3 is 1.75 bits per heavy atom. The molecule has 0 aromatic heterocycles. The zero-order chi connectivity index (χ0) is 16.5. The molecule has 0 unspecified atom stereocenters. The van der Waals surface area contributed by atoms with Crippen molar-refractivity contribution in [1.82, 2.24) is 10.6 Å². The van der Waals surface area contributed by atoms with Gasteiger partial charge in [0.1, 0.15) is 0 Å². The smallest absolute Gasteiger partial charge is 0.00431 e. The largest absolute Gasteiger partial charge is 0.317 e. The first-order valence-corrected chi connectivity index (χ1v) is 10.4. The average Bonchev–Trinajstić information content (AvgIpc) is 2.71. The molecular formula is C22H36N2. The van der Waals surface area contributed by atoms with Crippen molar-refractivity contribution in [3.63, 3.8) is 0 Å². The first-order valence-electron chi connectivity index (χ1n) is 10.4. The van der Waals surface area contributed by atoms with Crippen molar-refractivity contribution in [3.05, 3.63) is 35.9 Å². The highest BCUT2D eigenvalue weighted by molar-refractivity contribution is 5.19. The predicted octanol–water partition coefficient (Wildman–Crippen LogP) is 4.72. The predicted molar refractivity (Wildman–Crippen MR) is 103 cm³/mol. The van der Waals surface area contributed by atoms with Gasteiger partial charge in [0.25, 0.3) is 0 Å². The quantitative estimate of drug-likeness (QED) is 0.821. The van der Waals surface area contributed by atoms with E-state index < -0.39 is 0 Å². The van der Waals surface area contributed by atoms with Gasteiger partial charge in [-0.1, -0.05) is 62.4 Å². The molecule has 3 aliphatic rings. The molecule has 134 valence electrons. The standard InChI is InChI=1S/C11H21N.C11H15N/c2*1-2-4-10(5-3-1)11-6-8-12-9-7-11/h10-12H,1-9H2;1-5,11-12H,6-9H2. The van der Waals surface area contributed by atoms with Gasteiger partial charge in [-0.05, 0) is 75.2 Å². The zero-order valence-electron chi connectivity index (χ0n) is 15.3. The molecule has 0 spiro atoms. The summed E-state index contributed by atoms with van der Waals surface area (Å²) in [5, 5.41) is 6.84. The molecule has 2 heteroatoms. The first kappa shape index (κ1) is 17.9. The van der Waals surface area contributed by atoms with Crippen LogP contribution in [0.2, 0.25) is 0 Å². The van der Waals surface area contributed by atoms with Crippen LogP contribution >= 0.6 is 0 Å². The van der Waals surface area contributed by atoms with E-state index in [1.807, 2.05) is 0 Å². The number of rotatable bonds is 2. The lowest BCUT2D eigenvalue weighted by Crippen LogP contribution is -2.32. The lowest BCUT2D eigenvalue weighted by Gasteiger charge is -2.33. The second-order valence-electron chi connectivity index (χ2n) is 7.92. The summed E-state index contributed by atoms with van der Waals surface area (Å²) < 4.78 is 0. The Kier molecular flexibility index (Phi) is 7.63. The van der Waals surface area contributed by atoms with Gasteiger partial charge in [0, 0.05) is 0 Å². The van der Waals surface area contributed by atoms with Crippen LogP contribution in [-0.2, 0) is 0 Å². The van der Waals surface area contributed by atoms with Crippen LogP contribution in [-0.4, -0.2) is 26.2 Å². The maximum absolute atomic E-state index is 3.45. The highest BCUT2D eigenvalue weighted by atomic mass is 14.9. The molecule has 1 aliphatic carbocycles. The van der Waals surface area contributed by atoms with E-state index in [2.05, 4.69) is 41.0 Å². The summed E-state index contributed by atoms with van der Waals surface area (Å²) in [7, 11) is 0. The molecule has 3 fully saturated rings. The number of nitrogens with one attached hydrogen (secondary N) is 2. The molecule has 2 N–H and O–H groups in total. The third-order valence-electron chi connectivity index (χ3n) is 6.31. The van der Waals surface area contributed by atoms with Crippen molar-refractivity contribution in [2.75, 3.05) is 26.2 Å². The van der Waals surface area contributed by atoms with Gasteiger partial charge in [-0.3, -0.25) is 0 Å². The SMILES string of the molecule is C1CCC(C2CCNCC2)CC1.c1ccc(C2CCNCC2)cc1. The van der Waals surface area contributed by atoms with E-state index >= 15 is 0 Å². The molecule has 0 atom stereocenters. The van der Waals surface area contributed by atoms with Crippen LogP contribution in [0.1, 0.15) is 69.3 Å². The lowest BCUT2D eigenvalue weighted by molar-refractivity contribution is 0.204. The molecule has 0 bridgehead atoms. The molecule has 0 amide bonds. The van der Waals surface area contributed by atoms with Crippen LogP contribution in [0, 0.1) is 11.8 Å². The molecule has 1 aromatic rings. The Balaban J connectivity index is 0.000000141. The second kappa shape index (κ2) is 10.2. The normalized spacial score (nSPS) is 24.2. The van der Waals surface area contributed by atoms with Crippen molar-refractivity contribution < 1.29 is 0 Å². The minimum absolute atomic E-state index is 0.799. The van der Waals surface area contributed by atoms with Gasteiger partial charge in [0.15, 0.2) is 0 Å². The fourth-order valence-corrected chi connectivity index (χ4v) is 4.80. The van der Waals surface area contributed by atoms with E-state index in [-0.39, 0.29) is 0 Å². The van der Waals surface area contributed by atoms with Crippen molar-refractivity contribution in [2.45, 2.75) is 63.7 Å². The van der Waals surface area contributed by atoms with Gasteiger partial charge in [-0.25, -0.2) is 0 Å². The maximum Gasteiger partial charge on any atom is -0.00431 e. The summed E-state index contributed by atoms with van der Waals surface area (Å²) >= 11 is 0. The van der Waals surface area contributed by atoms with E-state index in [1.54, 1.807) is 0 Å². The van der Waals surface area contributed by atoms with Gasteiger partial charge < -0.3 is 10.6 Å². The average molecular weight is 329 g/mol. The molecule has 2 heterocycles. The van der Waals surface area contributed by atoms with E-state index in [0.29, 0.717) is 0 Å². The highest BCUT2D eigenvalue weighted by Crippen LogP contribution is 2.34. The third-order valence-corrected chi connectivity index (χ3v) is 6.31. The number of benzene rings is 1. The molecule has 1 aromatic carbocycles. The molecule has 2 aliphatic heterocycles. The van der Waals surface area contributed by atoms with E-state index in [9.17, 15) is 0 Å². The van der Waals surface area contributed by atoms with Crippen LogP contribution in [0.25, 0.3) is 0 Å². The molecule has 4 rings (SSSR count). The van der Waals surface area contributed by atoms with Crippen LogP contribution in [0.5, 0.6) is 0 Å². The van der Waals surface area contributed by atoms with E-state index in [4.69, 9.17) is 0 Å². The minimum atomic E-state index is 0.799. The topological polar surface area (TPSA) is 24.1 Å². The summed E-state index contributed by atoms with van der Waals surface area (Å²) in [5.41, 5.74) is 1.51. The molecule has 1 saturated carbocycles. The second-order valence-corrected chi connectivity index (χ2v) is 7.92. The highest BCUT2D eigenvalue weighted by Gasteiger charge is 2.24. The number of hydrogen-bond acceptors (Lipinski definition) is 2. The van der Waals surface area contributed by atoms with Crippen LogP contribution < -0.4 is 10.6 Å². The van der Waals surface area contributed by atoms with Gasteiger partial charge >= 0.3 is 0 Å². The van der Waals surface area contributed by atoms with E-state index in [0.717, 1.165) is 17.8 Å². The Labute approximate surface area is 148 Å². The summed E-state index contributed by atoms with van der Waals surface area (Å²) in [5.74, 6) is 2.97. The molecule has 0 radical (unpaired) electrons. The summed E-state index contributed by atoms with van der Waals surface area (Å²) in [4.78, 5) is 0. The Hall–Kier alpha value is -0.860. The lowest BCUT2D eigenvalue weighted by atomic mass is 9.76. The molecular weight excluding hydrogens is 292 g/mol. The summed E-state index contributed by atoms with van der Waals surface area (Å²) in [6, 6.07) is 10.9. The number of hydrogen-bond donors (Lipinski definition) is 2. The van der Waals surface area contributed by atoms with Crippen molar-refractivity contribution in [2.24, 2.45) is 11.8 Å². The van der Waals surface area contributed by atoms with Gasteiger partial charge in [-0.2, -0.15) is 0 Å². The van der Waals surface area contributed by atoms with Crippen molar-refractivity contribution in [3.8, 4) is 0 Å². The fraction of sp³-hybridized carbons (Fsp3) is 0.727. The molecule has 2 saturated heterocycles. The van der Waals surface area contributed by atoms with Gasteiger partial charge in [0.2, 0.25) is 0 Å². The van der Waals surface area contributed by atoms with Gasteiger partial charge in [-0.15, -0.1) is 0 Å². The summed E-state index contributed by atoms with van der Waals surface area (Å²) in [6.07, 6.45) is 13.1. The zero-order valence-corrected chi connectivity index (χ0v) is 15.3. The monoisotopic (exact) mass is 328 g/mol. The Morgan fingerprint density at radius 2 is 1.12 bits per heavy atom. The van der Waals surface area contributed by atoms with Crippen LogP contribution in [0.3, 0.4) is 0 Å². The minimum Gasteiger partial charge on any atom is -0.317 e. The van der Waals surface area contributed by atoms with Gasteiger partial charge in [0.05, 0.1) is 0 Å². The van der Waals surface area contributed by atoms with Crippen LogP contribution in [0.15, 0.2) is 30.3 Å². The maximum atomic E-state index is 3.45. The number of piperidine rings is 2. The summed E-state index contributed by atoms with van der Waals surface area (Å²) in [6.45, 7) is 4.92. The Bertz CT molecular complexity index is 411. The third kappa shape index (κ3) is 5.60. The molecule has 24 heavy (non-hydrogen) atoms. The Morgan fingerprint density at radius 1 is 0.583 bits per heavy atom. The van der Waals surface area contributed by atoms with E-state index in [1.165, 1.54) is 89.5 Å². The molecule has 2 nitrogen and oxygen atoms in total. The first-order chi connectivity index (χ1) is 11.9. The fourth-order valence-electron chi connectivity index (χ4n) is 4.80. The van der Waals surface area contributed by atoms with Crippen LogP contribution in [0.4, 0.5) is 0 Å². The van der Waals surface area contributed by atoms with Crippen molar-refractivity contribution >= 4 is 0 Å².